The van der Waals surface area contributed by atoms with Gasteiger partial charge >= 0.3 is 0 Å². The van der Waals surface area contributed by atoms with Crippen molar-refractivity contribution in [2.24, 2.45) is 0 Å². The lowest BCUT2D eigenvalue weighted by atomic mass is 9.92. The van der Waals surface area contributed by atoms with Crippen molar-refractivity contribution in [3.05, 3.63) is 35.0 Å². The molecule has 4 heterocycles. The molecule has 0 spiro atoms. The van der Waals surface area contributed by atoms with Gasteiger partial charge in [0.05, 0.1) is 19.4 Å². The first kappa shape index (κ1) is 19.0. The number of nitrogens with one attached hydrogen (secondary N) is 1. The lowest BCUT2D eigenvalue weighted by Gasteiger charge is -2.35. The van der Waals surface area contributed by atoms with Crippen LogP contribution in [0.1, 0.15) is 60.5 Å². The third-order valence-electron chi connectivity index (χ3n) is 6.73. The molecule has 3 aliphatic rings. The van der Waals surface area contributed by atoms with Gasteiger partial charge in [0, 0.05) is 61.2 Å². The summed E-state index contributed by atoms with van der Waals surface area (Å²) in [5.41, 5.74) is 5.36. The predicted octanol–water partition coefficient (Wildman–Crippen LogP) is 2.68. The molecule has 5 rings (SSSR count). The number of aromatic amines is 1. The summed E-state index contributed by atoms with van der Waals surface area (Å²) in [7, 11) is 0. The minimum Gasteiger partial charge on any atom is -0.379 e. The summed E-state index contributed by atoms with van der Waals surface area (Å²) < 4.78 is 5.50. The number of ether oxygens (including phenoxy) is 1. The largest absolute Gasteiger partial charge is 0.379 e. The molecule has 0 unspecified atom stereocenters. The smallest absolute Gasteiger partial charge is 0.135 e. The third kappa shape index (κ3) is 4.16. The predicted molar refractivity (Wildman–Crippen MR) is 112 cm³/mol. The molecule has 2 saturated heterocycles. The summed E-state index contributed by atoms with van der Waals surface area (Å²) >= 11 is 0. The summed E-state index contributed by atoms with van der Waals surface area (Å²) in [6, 6.07) is 0. The number of nitrogens with zero attached hydrogens (tertiary/aromatic N) is 5. The van der Waals surface area contributed by atoms with Gasteiger partial charge in [-0.05, 0) is 38.5 Å². The Morgan fingerprint density at radius 1 is 1.03 bits per heavy atom. The maximum Gasteiger partial charge on any atom is 0.135 e. The molecule has 2 fully saturated rings. The first-order valence-electron chi connectivity index (χ1n) is 11.3. The maximum atomic E-state index is 5.50. The zero-order valence-corrected chi connectivity index (χ0v) is 17.3. The molecule has 2 aliphatic heterocycles. The molecule has 0 saturated carbocycles. The van der Waals surface area contributed by atoms with Crippen LogP contribution in [0.3, 0.4) is 0 Å². The number of morpholine rings is 1. The van der Waals surface area contributed by atoms with E-state index in [-0.39, 0.29) is 0 Å². The molecule has 29 heavy (non-hydrogen) atoms. The van der Waals surface area contributed by atoms with Gasteiger partial charge < -0.3 is 9.64 Å². The second-order valence-corrected chi connectivity index (χ2v) is 8.67. The molecule has 156 valence electrons. The van der Waals surface area contributed by atoms with Crippen molar-refractivity contribution in [1.29, 1.82) is 0 Å². The van der Waals surface area contributed by atoms with Crippen LogP contribution in [-0.2, 0) is 24.1 Å². The second-order valence-electron chi connectivity index (χ2n) is 8.67. The molecule has 1 atom stereocenters. The van der Waals surface area contributed by atoms with Crippen molar-refractivity contribution in [3.8, 4) is 0 Å². The number of hydrogen-bond acceptors (Lipinski definition) is 6. The van der Waals surface area contributed by atoms with Crippen LogP contribution in [0.25, 0.3) is 0 Å². The van der Waals surface area contributed by atoms with Gasteiger partial charge in [0.25, 0.3) is 0 Å². The summed E-state index contributed by atoms with van der Waals surface area (Å²) in [5, 5.41) is 7.76. The molecule has 0 radical (unpaired) electrons. The summed E-state index contributed by atoms with van der Waals surface area (Å²) in [6.07, 6.45) is 12.3. The number of H-pyrrole nitrogens is 1. The lowest BCUT2D eigenvalue weighted by molar-refractivity contribution is 0.0340. The third-order valence-corrected chi connectivity index (χ3v) is 6.73. The Hall–Kier alpha value is -1.99. The van der Waals surface area contributed by atoms with Crippen molar-refractivity contribution >= 4 is 5.82 Å². The van der Waals surface area contributed by atoms with Crippen molar-refractivity contribution in [3.63, 3.8) is 0 Å². The van der Waals surface area contributed by atoms with E-state index >= 15 is 0 Å². The first-order chi connectivity index (χ1) is 14.4. The van der Waals surface area contributed by atoms with Gasteiger partial charge in [0.1, 0.15) is 12.1 Å². The van der Waals surface area contributed by atoms with E-state index < -0.39 is 0 Å². The van der Waals surface area contributed by atoms with Crippen LogP contribution in [0.2, 0.25) is 0 Å². The Morgan fingerprint density at radius 3 is 2.86 bits per heavy atom. The van der Waals surface area contributed by atoms with Gasteiger partial charge in [-0.25, -0.2) is 9.97 Å². The zero-order valence-electron chi connectivity index (χ0n) is 17.3. The van der Waals surface area contributed by atoms with E-state index in [4.69, 9.17) is 9.72 Å². The van der Waals surface area contributed by atoms with E-state index in [0.717, 1.165) is 58.8 Å². The molecule has 0 bridgehead atoms. The molecular weight excluding hydrogens is 364 g/mol. The van der Waals surface area contributed by atoms with Crippen LogP contribution in [0.15, 0.2) is 12.5 Å². The van der Waals surface area contributed by atoms with Crippen molar-refractivity contribution in [2.45, 2.75) is 57.4 Å². The molecular formula is C22H32N6O. The number of anilines is 1. The number of aromatic nitrogens is 4. The normalized spacial score (nSPS) is 23.6. The average Bonchev–Trinajstić information content (AvgIpc) is 3.09. The van der Waals surface area contributed by atoms with E-state index in [1.807, 2.05) is 6.20 Å². The Kier molecular flexibility index (Phi) is 5.76. The van der Waals surface area contributed by atoms with Crippen molar-refractivity contribution < 1.29 is 4.74 Å². The van der Waals surface area contributed by atoms with Gasteiger partial charge in [-0.1, -0.05) is 6.42 Å². The van der Waals surface area contributed by atoms with E-state index in [0.29, 0.717) is 5.92 Å². The quantitative estimate of drug-likeness (QED) is 0.802. The van der Waals surface area contributed by atoms with Crippen molar-refractivity contribution in [2.75, 3.05) is 44.3 Å². The fourth-order valence-corrected chi connectivity index (χ4v) is 5.16. The lowest BCUT2D eigenvalue weighted by Crippen LogP contribution is -2.37. The zero-order chi connectivity index (χ0) is 19.5. The van der Waals surface area contributed by atoms with Crippen LogP contribution >= 0.6 is 0 Å². The second kappa shape index (κ2) is 8.79. The maximum absolute atomic E-state index is 5.50. The minimum absolute atomic E-state index is 0.485. The SMILES string of the molecule is c1nc2c(c(N3CCC[C@H](c4[nH]ncc4CN4CCOCC4)C3)n1)CCCCC2. The number of fused-ring (bicyclic) bond motifs is 1. The Labute approximate surface area is 172 Å². The molecule has 1 aliphatic carbocycles. The highest BCUT2D eigenvalue weighted by Gasteiger charge is 2.28. The average molecular weight is 397 g/mol. The van der Waals surface area contributed by atoms with Crippen LogP contribution in [-0.4, -0.2) is 64.5 Å². The summed E-state index contributed by atoms with van der Waals surface area (Å²) in [5.74, 6) is 1.68. The van der Waals surface area contributed by atoms with Gasteiger partial charge in [-0.3, -0.25) is 10.00 Å². The van der Waals surface area contributed by atoms with E-state index in [9.17, 15) is 0 Å². The number of piperidine rings is 1. The van der Waals surface area contributed by atoms with Gasteiger partial charge in [0.2, 0.25) is 0 Å². The number of hydrogen-bond donors (Lipinski definition) is 1. The van der Waals surface area contributed by atoms with Crippen LogP contribution in [0.5, 0.6) is 0 Å². The number of rotatable bonds is 4. The fraction of sp³-hybridized carbons (Fsp3) is 0.682. The molecule has 7 nitrogen and oxygen atoms in total. The molecule has 1 N–H and O–H groups in total. The van der Waals surface area contributed by atoms with Crippen LogP contribution in [0, 0.1) is 0 Å². The molecule has 2 aromatic heterocycles. The fourth-order valence-electron chi connectivity index (χ4n) is 5.16. The van der Waals surface area contributed by atoms with E-state index in [1.165, 1.54) is 60.4 Å². The topological polar surface area (TPSA) is 70.2 Å². The molecule has 0 aromatic carbocycles. The Morgan fingerprint density at radius 2 is 1.93 bits per heavy atom. The molecule has 2 aromatic rings. The summed E-state index contributed by atoms with van der Waals surface area (Å²) in [4.78, 5) is 14.4. The Bertz CT molecular complexity index is 815. The van der Waals surface area contributed by atoms with E-state index in [2.05, 4.69) is 25.0 Å². The Balaban J connectivity index is 1.34. The van der Waals surface area contributed by atoms with Gasteiger partial charge in [-0.2, -0.15) is 5.10 Å². The molecule has 7 heteroatoms. The summed E-state index contributed by atoms with van der Waals surface area (Å²) in [6.45, 7) is 6.76. The molecule has 0 amide bonds. The van der Waals surface area contributed by atoms with E-state index in [1.54, 1.807) is 6.33 Å². The monoisotopic (exact) mass is 396 g/mol. The minimum atomic E-state index is 0.485. The standard InChI is InChI=1S/C22H32N6O/c1-2-6-19-20(7-3-1)23-16-24-22(19)28-8-4-5-17(15-28)21-18(13-25-26-21)14-27-9-11-29-12-10-27/h13,16-17H,1-12,14-15H2,(H,25,26)/t17-/m0/s1. The highest BCUT2D eigenvalue weighted by Crippen LogP contribution is 2.33. The highest BCUT2D eigenvalue weighted by molar-refractivity contribution is 5.50. The highest BCUT2D eigenvalue weighted by atomic mass is 16.5. The van der Waals surface area contributed by atoms with Gasteiger partial charge in [0.15, 0.2) is 0 Å². The number of aryl methyl sites for hydroxylation is 1. The van der Waals surface area contributed by atoms with Crippen LogP contribution in [0.4, 0.5) is 5.82 Å². The van der Waals surface area contributed by atoms with Crippen molar-refractivity contribution in [1.82, 2.24) is 25.1 Å². The first-order valence-corrected chi connectivity index (χ1v) is 11.3. The van der Waals surface area contributed by atoms with Gasteiger partial charge in [-0.15, -0.1) is 0 Å². The van der Waals surface area contributed by atoms with Crippen LogP contribution < -0.4 is 4.90 Å².